The third-order valence-corrected chi connectivity index (χ3v) is 5.23. The van der Waals surface area contributed by atoms with Gasteiger partial charge in [-0.2, -0.15) is 0 Å². The summed E-state index contributed by atoms with van der Waals surface area (Å²) in [7, 11) is 0. The van der Waals surface area contributed by atoms with Gasteiger partial charge in [-0.05, 0) is 12.3 Å². The van der Waals surface area contributed by atoms with Crippen molar-refractivity contribution in [3.63, 3.8) is 0 Å². The Balaban J connectivity index is 3.18. The molecule has 2 heteroatoms. The first kappa shape index (κ1) is 23.5. The first-order valence-electron chi connectivity index (χ1n) is 10.8. The maximum atomic E-state index is 10.8. The first-order chi connectivity index (χ1) is 11.6. The molecular weight excluding hydrogens is 296 g/mol. The molecule has 2 atom stereocenters. The van der Waals surface area contributed by atoms with E-state index in [4.69, 9.17) is 5.11 Å². The molecule has 0 saturated heterocycles. The number of aliphatic carboxylic acids is 1. The zero-order valence-electron chi connectivity index (χ0n) is 16.8. The van der Waals surface area contributed by atoms with Crippen LogP contribution in [0.2, 0.25) is 0 Å². The van der Waals surface area contributed by atoms with Crippen molar-refractivity contribution in [2.75, 3.05) is 0 Å². The van der Waals surface area contributed by atoms with E-state index in [9.17, 15) is 4.79 Å². The van der Waals surface area contributed by atoms with Crippen LogP contribution in [0.1, 0.15) is 124 Å². The van der Waals surface area contributed by atoms with Crippen LogP contribution in [-0.2, 0) is 4.79 Å². The zero-order valence-corrected chi connectivity index (χ0v) is 16.8. The summed E-state index contributed by atoms with van der Waals surface area (Å²) in [5.74, 6) is -0.289. The van der Waals surface area contributed by atoms with Gasteiger partial charge in [0.25, 0.3) is 0 Å². The maximum absolute atomic E-state index is 10.8. The van der Waals surface area contributed by atoms with Gasteiger partial charge in [0.1, 0.15) is 0 Å². The van der Waals surface area contributed by atoms with Gasteiger partial charge in [-0.25, -0.2) is 0 Å². The number of unbranched alkanes of at least 4 members (excludes halogenated alkanes) is 13. The minimum absolute atomic E-state index is 0.188. The van der Waals surface area contributed by atoms with Crippen LogP contribution in [0.15, 0.2) is 0 Å². The summed E-state index contributed by atoms with van der Waals surface area (Å²) >= 11 is 0. The fourth-order valence-corrected chi connectivity index (χ4v) is 3.51. The summed E-state index contributed by atoms with van der Waals surface area (Å²) < 4.78 is 0. The Hall–Kier alpha value is -0.530. The molecular formula is C22H44O2. The Morgan fingerprint density at radius 3 is 1.46 bits per heavy atom. The zero-order chi connectivity index (χ0) is 18.0. The predicted octanol–water partition coefficient (Wildman–Crippen LogP) is 7.60. The van der Waals surface area contributed by atoms with Crippen molar-refractivity contribution in [3.8, 4) is 0 Å². The maximum Gasteiger partial charge on any atom is 0.306 e. The van der Waals surface area contributed by atoms with E-state index in [2.05, 4.69) is 13.8 Å². The molecule has 24 heavy (non-hydrogen) atoms. The molecule has 0 fully saturated rings. The van der Waals surface area contributed by atoms with E-state index >= 15 is 0 Å². The fourth-order valence-electron chi connectivity index (χ4n) is 3.51. The molecule has 0 aliphatic rings. The van der Waals surface area contributed by atoms with Gasteiger partial charge in [-0.1, -0.05) is 117 Å². The van der Waals surface area contributed by atoms with Crippen molar-refractivity contribution in [2.45, 2.75) is 124 Å². The van der Waals surface area contributed by atoms with Gasteiger partial charge >= 0.3 is 5.97 Å². The molecule has 0 heterocycles. The largest absolute Gasteiger partial charge is 0.481 e. The molecule has 0 rings (SSSR count). The van der Waals surface area contributed by atoms with Crippen LogP contribution in [-0.4, -0.2) is 11.1 Å². The second-order valence-corrected chi connectivity index (χ2v) is 7.97. The van der Waals surface area contributed by atoms with Gasteiger partial charge in [-0.15, -0.1) is 0 Å². The lowest BCUT2D eigenvalue weighted by Crippen LogP contribution is -2.13. The molecule has 1 N–H and O–H groups in total. The second kappa shape index (κ2) is 17.3. The molecule has 2 nitrogen and oxygen atoms in total. The summed E-state index contributed by atoms with van der Waals surface area (Å²) in [6.45, 7) is 6.30. The molecule has 2 unspecified atom stereocenters. The van der Waals surface area contributed by atoms with Crippen LogP contribution in [0.3, 0.4) is 0 Å². The van der Waals surface area contributed by atoms with Crippen molar-refractivity contribution in [3.05, 3.63) is 0 Å². The van der Waals surface area contributed by atoms with Crippen LogP contribution >= 0.6 is 0 Å². The third kappa shape index (κ3) is 16.3. The normalized spacial score (nSPS) is 13.8. The van der Waals surface area contributed by atoms with E-state index in [0.29, 0.717) is 5.92 Å². The molecule has 0 aromatic rings. The van der Waals surface area contributed by atoms with Gasteiger partial charge in [0.2, 0.25) is 0 Å². The molecule has 0 aliphatic heterocycles. The van der Waals surface area contributed by atoms with Crippen LogP contribution in [0, 0.1) is 11.8 Å². The summed E-state index contributed by atoms with van der Waals surface area (Å²) in [6.07, 6.45) is 21.6. The fraction of sp³-hybridized carbons (Fsp3) is 0.955. The van der Waals surface area contributed by atoms with Crippen LogP contribution in [0.5, 0.6) is 0 Å². The van der Waals surface area contributed by atoms with E-state index in [-0.39, 0.29) is 5.92 Å². The lowest BCUT2D eigenvalue weighted by atomic mass is 9.92. The van der Waals surface area contributed by atoms with Crippen LogP contribution < -0.4 is 0 Å². The molecule has 144 valence electrons. The van der Waals surface area contributed by atoms with E-state index in [1.54, 1.807) is 0 Å². The van der Waals surface area contributed by atoms with Crippen LogP contribution in [0.4, 0.5) is 0 Å². The van der Waals surface area contributed by atoms with Crippen molar-refractivity contribution in [1.29, 1.82) is 0 Å². The number of carboxylic acid groups (broad SMARTS) is 1. The summed E-state index contributed by atoms with van der Waals surface area (Å²) in [6, 6.07) is 0. The highest BCUT2D eigenvalue weighted by Crippen LogP contribution is 2.19. The Morgan fingerprint density at radius 1 is 0.708 bits per heavy atom. The summed E-state index contributed by atoms with van der Waals surface area (Å²) in [5, 5.41) is 8.93. The highest BCUT2D eigenvalue weighted by Gasteiger charge is 2.14. The van der Waals surface area contributed by atoms with E-state index in [0.717, 1.165) is 6.42 Å². The number of hydrogen-bond donors (Lipinski definition) is 1. The second-order valence-electron chi connectivity index (χ2n) is 7.97. The highest BCUT2D eigenvalue weighted by atomic mass is 16.4. The van der Waals surface area contributed by atoms with E-state index in [1.807, 2.05) is 6.92 Å². The molecule has 0 radical (unpaired) electrons. The molecule has 0 bridgehead atoms. The Labute approximate surface area is 151 Å². The molecule has 0 saturated carbocycles. The van der Waals surface area contributed by atoms with Crippen molar-refractivity contribution in [2.24, 2.45) is 11.8 Å². The Kier molecular flexibility index (Phi) is 16.9. The quantitative estimate of drug-likeness (QED) is 0.261. The highest BCUT2D eigenvalue weighted by molar-refractivity contribution is 5.69. The molecule has 0 spiro atoms. The van der Waals surface area contributed by atoms with Gasteiger partial charge in [0, 0.05) is 0 Å². The third-order valence-electron chi connectivity index (χ3n) is 5.23. The van der Waals surface area contributed by atoms with E-state index in [1.165, 1.54) is 96.3 Å². The average molecular weight is 341 g/mol. The topological polar surface area (TPSA) is 37.3 Å². The van der Waals surface area contributed by atoms with Gasteiger partial charge in [0.05, 0.1) is 5.92 Å². The predicted molar refractivity (Wildman–Crippen MR) is 106 cm³/mol. The minimum Gasteiger partial charge on any atom is -0.481 e. The Bertz CT molecular complexity index is 275. The minimum atomic E-state index is -0.650. The number of carbonyl (C=O) groups is 1. The SMILES string of the molecule is CCCCCCCCCCCCCCCCC(C)CC(C)C(=O)O. The summed E-state index contributed by atoms with van der Waals surface area (Å²) in [4.78, 5) is 10.8. The van der Waals surface area contributed by atoms with Gasteiger partial charge in [0.15, 0.2) is 0 Å². The van der Waals surface area contributed by atoms with Crippen molar-refractivity contribution in [1.82, 2.24) is 0 Å². The lowest BCUT2D eigenvalue weighted by Gasteiger charge is -2.13. The average Bonchev–Trinajstić information content (AvgIpc) is 2.55. The van der Waals surface area contributed by atoms with E-state index < -0.39 is 5.97 Å². The van der Waals surface area contributed by atoms with Gasteiger partial charge < -0.3 is 5.11 Å². The summed E-state index contributed by atoms with van der Waals surface area (Å²) in [5.41, 5.74) is 0. The number of carboxylic acids is 1. The molecule has 0 aromatic carbocycles. The smallest absolute Gasteiger partial charge is 0.306 e. The molecule has 0 aromatic heterocycles. The lowest BCUT2D eigenvalue weighted by molar-refractivity contribution is -0.141. The standard InChI is InChI=1S/C22H44O2/c1-4-5-6-7-8-9-10-11-12-13-14-15-16-17-18-20(2)19-21(3)22(23)24/h20-21H,4-19H2,1-3H3,(H,23,24). The monoisotopic (exact) mass is 340 g/mol. The number of rotatable bonds is 18. The van der Waals surface area contributed by atoms with Crippen molar-refractivity contribution >= 4 is 5.97 Å². The van der Waals surface area contributed by atoms with Crippen molar-refractivity contribution < 1.29 is 9.90 Å². The number of hydrogen-bond acceptors (Lipinski definition) is 1. The van der Waals surface area contributed by atoms with Gasteiger partial charge in [-0.3, -0.25) is 4.79 Å². The molecule has 0 amide bonds. The first-order valence-corrected chi connectivity index (χ1v) is 10.8. The Morgan fingerprint density at radius 2 is 1.08 bits per heavy atom. The molecule has 0 aliphatic carbocycles. The van der Waals surface area contributed by atoms with Crippen LogP contribution in [0.25, 0.3) is 0 Å².